The molecule has 5 nitrogen and oxygen atoms in total. The highest BCUT2D eigenvalue weighted by molar-refractivity contribution is 6.09. The van der Waals surface area contributed by atoms with Gasteiger partial charge in [-0.1, -0.05) is 0 Å². The number of carbonyl (C=O) groups is 1. The Kier molecular flexibility index (Phi) is 4.90. The van der Waals surface area contributed by atoms with Crippen LogP contribution < -0.4 is 10.1 Å². The molecule has 0 spiro atoms. The van der Waals surface area contributed by atoms with Gasteiger partial charge in [-0.3, -0.25) is 9.78 Å². The fourth-order valence-electron chi connectivity index (χ4n) is 3.44. The lowest BCUT2D eigenvalue weighted by Crippen LogP contribution is -2.40. The summed E-state index contributed by atoms with van der Waals surface area (Å²) in [5.41, 5.74) is 3.05. The van der Waals surface area contributed by atoms with Crippen molar-refractivity contribution in [1.29, 1.82) is 0 Å². The fraction of sp³-hybridized carbons (Fsp3) is 0.429. The number of ether oxygens (including phenoxy) is 1. The van der Waals surface area contributed by atoms with Crippen molar-refractivity contribution in [2.75, 3.05) is 7.11 Å². The first-order valence-electron chi connectivity index (χ1n) is 9.03. The maximum Gasteiger partial charge on any atom is 0.220 e. The predicted molar refractivity (Wildman–Crippen MR) is 106 cm³/mol. The lowest BCUT2D eigenvalue weighted by atomic mass is 10.1. The van der Waals surface area contributed by atoms with E-state index in [1.54, 1.807) is 7.11 Å². The molecule has 0 saturated carbocycles. The normalized spacial score (nSPS) is 11.9. The van der Waals surface area contributed by atoms with Gasteiger partial charge in [-0.05, 0) is 52.3 Å². The summed E-state index contributed by atoms with van der Waals surface area (Å²) in [5.74, 6) is 0.920. The molecule has 0 aliphatic rings. The summed E-state index contributed by atoms with van der Waals surface area (Å²) in [6.07, 6.45) is 3.12. The Bertz CT molecular complexity index is 951. The average molecular weight is 353 g/mol. The number of pyridine rings is 1. The van der Waals surface area contributed by atoms with Crippen LogP contribution in [0.4, 0.5) is 0 Å². The number of amides is 1. The second kappa shape index (κ2) is 6.98. The minimum Gasteiger partial charge on any atom is -0.497 e. The molecule has 2 heterocycles. The molecule has 2 aromatic heterocycles. The molecule has 0 radical (unpaired) electrons. The Morgan fingerprint density at radius 3 is 2.69 bits per heavy atom. The molecular weight excluding hydrogens is 326 g/mol. The van der Waals surface area contributed by atoms with Gasteiger partial charge in [0, 0.05) is 41.5 Å². The van der Waals surface area contributed by atoms with Crippen LogP contribution in [-0.4, -0.2) is 28.1 Å². The minimum absolute atomic E-state index is 0.0886. The van der Waals surface area contributed by atoms with E-state index in [4.69, 9.17) is 4.74 Å². The van der Waals surface area contributed by atoms with Crippen LogP contribution in [0.1, 0.15) is 39.3 Å². The van der Waals surface area contributed by atoms with Crippen LogP contribution in [-0.2, 0) is 11.3 Å². The van der Waals surface area contributed by atoms with Gasteiger partial charge in [-0.15, -0.1) is 0 Å². The van der Waals surface area contributed by atoms with Crippen LogP contribution in [0.15, 0.2) is 30.5 Å². The van der Waals surface area contributed by atoms with Gasteiger partial charge < -0.3 is 14.6 Å². The van der Waals surface area contributed by atoms with E-state index in [1.807, 2.05) is 40.0 Å². The van der Waals surface area contributed by atoms with Gasteiger partial charge in [0.2, 0.25) is 5.91 Å². The zero-order chi connectivity index (χ0) is 18.9. The van der Waals surface area contributed by atoms with Crippen LogP contribution in [0.5, 0.6) is 5.75 Å². The van der Waals surface area contributed by atoms with Crippen molar-refractivity contribution in [3.05, 3.63) is 36.2 Å². The van der Waals surface area contributed by atoms with Gasteiger partial charge in [0.05, 0.1) is 23.8 Å². The van der Waals surface area contributed by atoms with Gasteiger partial charge in [0.1, 0.15) is 5.75 Å². The Morgan fingerprint density at radius 1 is 1.23 bits per heavy atom. The summed E-state index contributed by atoms with van der Waals surface area (Å²) in [4.78, 5) is 16.6. The minimum atomic E-state index is -0.197. The molecule has 138 valence electrons. The highest BCUT2D eigenvalue weighted by atomic mass is 16.5. The summed E-state index contributed by atoms with van der Waals surface area (Å²) in [5, 5.41) is 5.40. The van der Waals surface area contributed by atoms with Gasteiger partial charge in [-0.2, -0.15) is 0 Å². The first-order valence-corrected chi connectivity index (χ1v) is 9.03. The van der Waals surface area contributed by atoms with Gasteiger partial charge in [0.15, 0.2) is 0 Å². The van der Waals surface area contributed by atoms with E-state index < -0.39 is 0 Å². The zero-order valence-corrected chi connectivity index (χ0v) is 16.2. The van der Waals surface area contributed by atoms with Crippen molar-refractivity contribution in [2.45, 2.75) is 52.6 Å². The third kappa shape index (κ3) is 3.66. The van der Waals surface area contributed by atoms with Crippen LogP contribution in [0.3, 0.4) is 0 Å². The van der Waals surface area contributed by atoms with E-state index >= 15 is 0 Å². The smallest absolute Gasteiger partial charge is 0.220 e. The van der Waals surface area contributed by atoms with Crippen molar-refractivity contribution < 1.29 is 9.53 Å². The number of carbonyl (C=O) groups excluding carboxylic acids is 1. The number of methoxy groups -OCH3 is 1. The molecule has 0 atom stereocenters. The number of hydrogen-bond donors (Lipinski definition) is 1. The van der Waals surface area contributed by atoms with Crippen LogP contribution in [0.2, 0.25) is 0 Å². The standard InChI is InChI=1S/C21H27N3O2/c1-14-20-17(10-11-22-14)16-9-8-15(26-5)13-18(16)24(20)12-6-7-19(25)23-21(2,3)4/h8-11,13H,6-7,12H2,1-5H3,(H,23,25). The molecule has 0 bridgehead atoms. The highest BCUT2D eigenvalue weighted by Gasteiger charge is 2.16. The quantitative estimate of drug-likeness (QED) is 0.748. The molecule has 0 fully saturated rings. The van der Waals surface area contributed by atoms with Crippen molar-refractivity contribution in [2.24, 2.45) is 0 Å². The Hall–Kier alpha value is -2.56. The van der Waals surface area contributed by atoms with Crippen molar-refractivity contribution >= 4 is 27.7 Å². The van der Waals surface area contributed by atoms with Gasteiger partial charge >= 0.3 is 0 Å². The van der Waals surface area contributed by atoms with Crippen molar-refractivity contribution in [3.63, 3.8) is 0 Å². The molecule has 1 aromatic carbocycles. The van der Waals surface area contributed by atoms with Gasteiger partial charge in [-0.25, -0.2) is 0 Å². The molecule has 1 N–H and O–H groups in total. The monoisotopic (exact) mass is 353 g/mol. The zero-order valence-electron chi connectivity index (χ0n) is 16.2. The van der Waals surface area contributed by atoms with Crippen LogP contribution in [0.25, 0.3) is 21.8 Å². The molecule has 3 aromatic rings. The third-order valence-corrected chi connectivity index (χ3v) is 4.46. The topological polar surface area (TPSA) is 56.2 Å². The number of fused-ring (bicyclic) bond motifs is 3. The molecule has 3 rings (SSSR count). The van der Waals surface area contributed by atoms with E-state index in [9.17, 15) is 4.79 Å². The van der Waals surface area contributed by atoms with Gasteiger partial charge in [0.25, 0.3) is 0 Å². The maximum absolute atomic E-state index is 12.1. The number of nitrogens with zero attached hydrogens (tertiary/aromatic N) is 2. The second-order valence-corrected chi connectivity index (χ2v) is 7.73. The van der Waals surface area contributed by atoms with Crippen LogP contribution >= 0.6 is 0 Å². The summed E-state index contributed by atoms with van der Waals surface area (Å²) in [6.45, 7) is 8.79. The van der Waals surface area contributed by atoms with Crippen LogP contribution in [0, 0.1) is 6.92 Å². The number of nitrogens with one attached hydrogen (secondary N) is 1. The lowest BCUT2D eigenvalue weighted by Gasteiger charge is -2.20. The predicted octanol–water partition coefficient (Wildman–Crippen LogP) is 4.20. The number of aryl methyl sites for hydroxylation is 2. The van der Waals surface area contributed by atoms with E-state index in [-0.39, 0.29) is 11.4 Å². The van der Waals surface area contributed by atoms with E-state index in [0.717, 1.165) is 35.4 Å². The number of hydrogen-bond acceptors (Lipinski definition) is 3. The second-order valence-electron chi connectivity index (χ2n) is 7.73. The van der Waals surface area contributed by atoms with E-state index in [2.05, 4.69) is 33.1 Å². The summed E-state index contributed by atoms with van der Waals surface area (Å²) in [7, 11) is 1.68. The average Bonchev–Trinajstić information content (AvgIpc) is 2.88. The fourth-order valence-corrected chi connectivity index (χ4v) is 3.44. The molecule has 1 amide bonds. The largest absolute Gasteiger partial charge is 0.497 e. The molecule has 0 aliphatic carbocycles. The number of benzene rings is 1. The summed E-state index contributed by atoms with van der Waals surface area (Å²) in [6, 6.07) is 8.20. The highest BCUT2D eigenvalue weighted by Crippen LogP contribution is 2.32. The van der Waals surface area contributed by atoms with Crippen molar-refractivity contribution in [3.8, 4) is 5.75 Å². The maximum atomic E-state index is 12.1. The lowest BCUT2D eigenvalue weighted by molar-refractivity contribution is -0.122. The Morgan fingerprint density at radius 2 is 2.00 bits per heavy atom. The molecular formula is C21H27N3O2. The molecule has 0 unspecified atom stereocenters. The first kappa shape index (κ1) is 18.2. The Balaban J connectivity index is 1.94. The van der Waals surface area contributed by atoms with E-state index in [1.165, 1.54) is 10.8 Å². The SMILES string of the molecule is COc1ccc2c3ccnc(C)c3n(CCCC(=O)NC(C)(C)C)c2c1. The third-order valence-electron chi connectivity index (χ3n) is 4.46. The molecule has 0 saturated heterocycles. The molecule has 26 heavy (non-hydrogen) atoms. The van der Waals surface area contributed by atoms with Crippen molar-refractivity contribution in [1.82, 2.24) is 14.9 Å². The number of rotatable bonds is 5. The molecule has 0 aliphatic heterocycles. The first-order chi connectivity index (χ1) is 12.3. The molecule has 5 heteroatoms. The van der Waals surface area contributed by atoms with E-state index in [0.29, 0.717) is 6.42 Å². The summed E-state index contributed by atoms with van der Waals surface area (Å²) < 4.78 is 7.67. The summed E-state index contributed by atoms with van der Waals surface area (Å²) >= 11 is 0. The Labute approximate surface area is 154 Å². The number of aromatic nitrogens is 2.